The number of ether oxygens (including phenoxy) is 1. The first-order valence-corrected chi connectivity index (χ1v) is 9.68. The van der Waals surface area contributed by atoms with Gasteiger partial charge in [-0.1, -0.05) is 28.1 Å². The highest BCUT2D eigenvalue weighted by molar-refractivity contribution is 9.10. The number of aromatic nitrogens is 4. The number of rotatable bonds is 4. The van der Waals surface area contributed by atoms with E-state index in [1.165, 1.54) is 6.92 Å². The van der Waals surface area contributed by atoms with E-state index in [-0.39, 0.29) is 17.9 Å². The minimum atomic E-state index is -0.394. The van der Waals surface area contributed by atoms with Gasteiger partial charge in [0.2, 0.25) is 0 Å². The molecule has 0 fully saturated rings. The van der Waals surface area contributed by atoms with Crippen LogP contribution in [0.5, 0.6) is 0 Å². The van der Waals surface area contributed by atoms with Crippen LogP contribution in [-0.4, -0.2) is 25.3 Å². The van der Waals surface area contributed by atoms with Crippen molar-refractivity contribution < 1.29 is 9.53 Å². The topological polar surface area (TPSA) is 79.0 Å². The maximum Gasteiger partial charge on any atom is 0.303 e. The van der Waals surface area contributed by atoms with Crippen LogP contribution in [0.2, 0.25) is 0 Å². The smallest absolute Gasteiger partial charge is 0.303 e. The van der Waals surface area contributed by atoms with Crippen LogP contribution in [-0.2, 0) is 23.2 Å². The van der Waals surface area contributed by atoms with Crippen LogP contribution in [0.15, 0.2) is 63.9 Å². The summed E-state index contributed by atoms with van der Waals surface area (Å²) < 4.78 is 9.32. The number of carbonyl (C=O) groups is 1. The molecule has 0 N–H and O–H groups in total. The molecule has 7 nitrogen and oxygen atoms in total. The lowest BCUT2D eigenvalue weighted by atomic mass is 10.2. The highest BCUT2D eigenvalue weighted by Gasteiger charge is 2.18. The molecular weight excluding hydrogens is 436 g/mol. The number of para-hydroxylation sites is 2. The van der Waals surface area contributed by atoms with E-state index in [1.54, 1.807) is 22.4 Å². The lowest BCUT2D eigenvalue weighted by molar-refractivity contribution is -0.142. The van der Waals surface area contributed by atoms with Gasteiger partial charge >= 0.3 is 5.97 Å². The molecule has 0 amide bonds. The van der Waals surface area contributed by atoms with Gasteiger partial charge in [0, 0.05) is 18.4 Å². The molecule has 2 aromatic heterocycles. The number of carbonyl (C=O) groups excluding carboxylic acids is 1. The van der Waals surface area contributed by atoms with E-state index in [0.29, 0.717) is 16.9 Å². The summed E-state index contributed by atoms with van der Waals surface area (Å²) >= 11 is 3.42. The summed E-state index contributed by atoms with van der Waals surface area (Å²) in [5.74, 6) is -0.394. The summed E-state index contributed by atoms with van der Waals surface area (Å²) in [5, 5.41) is 4.60. The van der Waals surface area contributed by atoms with E-state index in [0.717, 1.165) is 15.7 Å². The Balaban J connectivity index is 1.88. The Kier molecular flexibility index (Phi) is 5.02. The molecule has 0 aliphatic carbocycles. The van der Waals surface area contributed by atoms with Crippen LogP contribution < -0.4 is 5.56 Å². The fourth-order valence-electron chi connectivity index (χ4n) is 3.07. The molecule has 0 saturated carbocycles. The molecule has 146 valence electrons. The number of esters is 1. The summed E-state index contributed by atoms with van der Waals surface area (Å²) in [6.45, 7) is 1.38. The summed E-state index contributed by atoms with van der Waals surface area (Å²) in [4.78, 5) is 28.8. The second-order valence-electron chi connectivity index (χ2n) is 6.50. The standard InChI is InChI=1S/C21H17BrN4O3/c1-13(27)29-12-16-11-18(24-26(16)15-9-7-14(22)8-10-15)20-21(28)25(2)19-6-4-3-5-17(19)23-20/h3-11H,12H2,1-2H3. The van der Waals surface area contributed by atoms with Gasteiger partial charge in [0.15, 0.2) is 5.69 Å². The molecular formula is C21H17BrN4O3. The van der Waals surface area contributed by atoms with Gasteiger partial charge in [0.1, 0.15) is 12.3 Å². The molecule has 29 heavy (non-hydrogen) atoms. The largest absolute Gasteiger partial charge is 0.459 e. The maximum atomic E-state index is 12.9. The Hall–Kier alpha value is -3.26. The second-order valence-corrected chi connectivity index (χ2v) is 7.42. The molecule has 0 spiro atoms. The SMILES string of the molecule is CC(=O)OCc1cc(-c2nc3ccccc3n(C)c2=O)nn1-c1ccc(Br)cc1. The predicted molar refractivity (Wildman–Crippen MR) is 113 cm³/mol. The van der Waals surface area contributed by atoms with E-state index >= 15 is 0 Å². The molecule has 0 bridgehead atoms. The summed E-state index contributed by atoms with van der Waals surface area (Å²) in [5.41, 5.74) is 3.27. The Morgan fingerprint density at radius 1 is 1.14 bits per heavy atom. The third kappa shape index (κ3) is 3.71. The van der Waals surface area contributed by atoms with Crippen LogP contribution in [0, 0.1) is 0 Å². The first-order chi connectivity index (χ1) is 13.9. The molecule has 0 radical (unpaired) electrons. The molecule has 0 aliphatic heterocycles. The fraction of sp³-hybridized carbons (Fsp3) is 0.143. The third-order valence-electron chi connectivity index (χ3n) is 4.50. The van der Waals surface area contributed by atoms with Crippen LogP contribution in [0.3, 0.4) is 0 Å². The summed E-state index contributed by atoms with van der Waals surface area (Å²) in [6.07, 6.45) is 0. The molecule has 4 aromatic rings. The van der Waals surface area contributed by atoms with Crippen LogP contribution in [0.4, 0.5) is 0 Å². The Morgan fingerprint density at radius 3 is 2.59 bits per heavy atom. The van der Waals surface area contributed by atoms with Crippen molar-refractivity contribution >= 4 is 32.9 Å². The molecule has 0 aliphatic rings. The van der Waals surface area contributed by atoms with E-state index in [4.69, 9.17) is 4.74 Å². The minimum absolute atomic E-state index is 0.0340. The van der Waals surface area contributed by atoms with E-state index < -0.39 is 5.97 Å². The average Bonchev–Trinajstić information content (AvgIpc) is 3.13. The predicted octanol–water partition coefficient (Wildman–Crippen LogP) is 3.61. The maximum absolute atomic E-state index is 12.9. The van der Waals surface area contributed by atoms with E-state index in [9.17, 15) is 9.59 Å². The van der Waals surface area contributed by atoms with Crippen LogP contribution in [0.1, 0.15) is 12.6 Å². The Bertz CT molecular complexity index is 1280. The zero-order valence-electron chi connectivity index (χ0n) is 15.8. The zero-order valence-corrected chi connectivity index (χ0v) is 17.4. The van der Waals surface area contributed by atoms with Crippen molar-refractivity contribution in [2.75, 3.05) is 0 Å². The number of halogens is 1. The number of aryl methyl sites for hydroxylation is 1. The summed E-state index contributed by atoms with van der Waals surface area (Å²) in [7, 11) is 1.71. The van der Waals surface area contributed by atoms with Crippen molar-refractivity contribution in [1.29, 1.82) is 0 Å². The first kappa shape index (κ1) is 19.1. The number of hydrogen-bond donors (Lipinski definition) is 0. The Morgan fingerprint density at radius 2 is 1.86 bits per heavy atom. The lowest BCUT2D eigenvalue weighted by Gasteiger charge is -2.07. The van der Waals surface area contributed by atoms with Crippen molar-refractivity contribution in [3.8, 4) is 17.1 Å². The van der Waals surface area contributed by atoms with Crippen molar-refractivity contribution in [2.45, 2.75) is 13.5 Å². The van der Waals surface area contributed by atoms with Crippen molar-refractivity contribution in [3.05, 3.63) is 75.1 Å². The van der Waals surface area contributed by atoms with E-state index in [1.807, 2.05) is 48.5 Å². The average molecular weight is 453 g/mol. The van der Waals surface area contributed by atoms with Gasteiger partial charge in [-0.25, -0.2) is 9.67 Å². The van der Waals surface area contributed by atoms with E-state index in [2.05, 4.69) is 26.0 Å². The molecule has 0 atom stereocenters. The van der Waals surface area contributed by atoms with Gasteiger partial charge in [-0.15, -0.1) is 0 Å². The minimum Gasteiger partial charge on any atom is -0.459 e. The zero-order chi connectivity index (χ0) is 20.5. The molecule has 0 saturated heterocycles. The monoisotopic (exact) mass is 452 g/mol. The van der Waals surface area contributed by atoms with Gasteiger partial charge in [-0.3, -0.25) is 9.59 Å². The third-order valence-corrected chi connectivity index (χ3v) is 5.03. The Labute approximate surface area is 174 Å². The molecule has 2 aromatic carbocycles. The van der Waals surface area contributed by atoms with Gasteiger partial charge in [0.25, 0.3) is 5.56 Å². The number of fused-ring (bicyclic) bond motifs is 1. The number of benzene rings is 2. The number of nitrogens with zero attached hydrogens (tertiary/aromatic N) is 4. The van der Waals surface area contributed by atoms with Crippen molar-refractivity contribution in [2.24, 2.45) is 7.05 Å². The van der Waals surface area contributed by atoms with Gasteiger partial charge < -0.3 is 9.30 Å². The van der Waals surface area contributed by atoms with Crippen molar-refractivity contribution in [3.63, 3.8) is 0 Å². The van der Waals surface area contributed by atoms with Gasteiger partial charge in [-0.2, -0.15) is 5.10 Å². The highest BCUT2D eigenvalue weighted by atomic mass is 79.9. The molecule has 2 heterocycles. The summed E-state index contributed by atoms with van der Waals surface area (Å²) in [6, 6.07) is 16.7. The van der Waals surface area contributed by atoms with Crippen LogP contribution >= 0.6 is 15.9 Å². The van der Waals surface area contributed by atoms with Crippen molar-refractivity contribution in [1.82, 2.24) is 19.3 Å². The second kappa shape index (κ2) is 7.63. The van der Waals surface area contributed by atoms with Gasteiger partial charge in [-0.05, 0) is 42.5 Å². The van der Waals surface area contributed by atoms with Crippen LogP contribution in [0.25, 0.3) is 28.1 Å². The van der Waals surface area contributed by atoms with Gasteiger partial charge in [0.05, 0.1) is 22.4 Å². The lowest BCUT2D eigenvalue weighted by Crippen LogP contribution is -2.21. The molecule has 0 unspecified atom stereocenters. The number of hydrogen-bond acceptors (Lipinski definition) is 5. The quantitative estimate of drug-likeness (QED) is 0.441. The molecule has 8 heteroatoms. The normalized spacial score (nSPS) is 11.0. The molecule has 4 rings (SSSR count). The highest BCUT2D eigenvalue weighted by Crippen LogP contribution is 2.22. The fourth-order valence-corrected chi connectivity index (χ4v) is 3.33. The first-order valence-electron chi connectivity index (χ1n) is 8.88.